The molecule has 0 aromatic carbocycles. The molecule has 0 atom stereocenters. The molecule has 1 heterocycles. The fourth-order valence-electron chi connectivity index (χ4n) is 0.510. The zero-order valence-corrected chi connectivity index (χ0v) is 5.16. The van der Waals surface area contributed by atoms with E-state index in [1.165, 1.54) is 0 Å². The van der Waals surface area contributed by atoms with Gasteiger partial charge in [-0.1, -0.05) is 0 Å². The van der Waals surface area contributed by atoms with Crippen LogP contribution in [-0.4, -0.2) is 12.4 Å². The SMILES string of the molecule is CCOC1=CC(N)=N[N]1. The summed E-state index contributed by atoms with van der Waals surface area (Å²) in [5.41, 5.74) is 8.86. The lowest BCUT2D eigenvalue weighted by Gasteiger charge is -1.97. The zero-order chi connectivity index (χ0) is 6.69. The molecule has 4 nitrogen and oxygen atoms in total. The first-order valence-electron chi connectivity index (χ1n) is 2.71. The highest BCUT2D eigenvalue weighted by Crippen LogP contribution is 1.99. The maximum Gasteiger partial charge on any atom is 0.237 e. The van der Waals surface area contributed by atoms with Gasteiger partial charge in [-0.05, 0) is 6.92 Å². The van der Waals surface area contributed by atoms with E-state index < -0.39 is 0 Å². The summed E-state index contributed by atoms with van der Waals surface area (Å²) in [4.78, 5) is 0. The van der Waals surface area contributed by atoms with Crippen molar-refractivity contribution in [3.05, 3.63) is 12.0 Å². The Bertz CT molecular complexity index is 162. The monoisotopic (exact) mass is 126 g/mol. The molecule has 1 aliphatic rings. The van der Waals surface area contributed by atoms with Crippen molar-refractivity contribution in [2.45, 2.75) is 6.92 Å². The maximum atomic E-state index is 5.26. The number of nitrogens with two attached hydrogens (primary N) is 1. The molecule has 0 aromatic rings. The van der Waals surface area contributed by atoms with Crippen molar-refractivity contribution in [1.29, 1.82) is 0 Å². The van der Waals surface area contributed by atoms with Gasteiger partial charge in [0.25, 0.3) is 0 Å². The van der Waals surface area contributed by atoms with E-state index in [1.54, 1.807) is 6.08 Å². The Hall–Kier alpha value is -1.19. The van der Waals surface area contributed by atoms with Crippen LogP contribution >= 0.6 is 0 Å². The van der Waals surface area contributed by atoms with Crippen molar-refractivity contribution >= 4 is 5.84 Å². The summed E-state index contributed by atoms with van der Waals surface area (Å²) in [6.07, 6.45) is 1.59. The largest absolute Gasteiger partial charge is 0.477 e. The highest BCUT2D eigenvalue weighted by atomic mass is 16.5. The molecule has 49 valence electrons. The van der Waals surface area contributed by atoms with Crippen LogP contribution < -0.4 is 11.2 Å². The summed E-state index contributed by atoms with van der Waals surface area (Å²) < 4.78 is 4.97. The number of amidine groups is 1. The molecule has 0 saturated carbocycles. The van der Waals surface area contributed by atoms with Gasteiger partial charge in [0.1, 0.15) is 0 Å². The number of rotatable bonds is 2. The Morgan fingerprint density at radius 2 is 2.56 bits per heavy atom. The molecule has 1 aliphatic heterocycles. The standard InChI is InChI=1S/C5H8N3O/c1-2-9-5-3-4(6)7-8-5/h3H,2H2,1H3,(H2,6,7). The Morgan fingerprint density at radius 3 is 3.00 bits per heavy atom. The molecule has 1 radical (unpaired) electrons. The van der Waals surface area contributed by atoms with Gasteiger partial charge in [0.05, 0.1) is 6.61 Å². The van der Waals surface area contributed by atoms with Crippen LogP contribution in [-0.2, 0) is 4.74 Å². The Kier molecular flexibility index (Phi) is 1.58. The third-order valence-corrected chi connectivity index (χ3v) is 0.828. The lowest BCUT2D eigenvalue weighted by Crippen LogP contribution is -2.04. The fraction of sp³-hybridized carbons (Fsp3) is 0.400. The first-order valence-corrected chi connectivity index (χ1v) is 2.71. The average Bonchev–Trinajstić information content (AvgIpc) is 2.17. The minimum atomic E-state index is 0.401. The Labute approximate surface area is 53.4 Å². The highest BCUT2D eigenvalue weighted by molar-refractivity contribution is 5.92. The van der Waals surface area contributed by atoms with Crippen LogP contribution in [0.5, 0.6) is 0 Å². The van der Waals surface area contributed by atoms with Gasteiger partial charge >= 0.3 is 0 Å². The van der Waals surface area contributed by atoms with E-state index in [9.17, 15) is 0 Å². The van der Waals surface area contributed by atoms with Crippen LogP contribution in [0.15, 0.2) is 17.1 Å². The van der Waals surface area contributed by atoms with E-state index in [-0.39, 0.29) is 0 Å². The molecule has 0 fully saturated rings. The smallest absolute Gasteiger partial charge is 0.237 e. The number of ether oxygens (including phenoxy) is 1. The molecule has 4 heteroatoms. The molecule has 0 aromatic heterocycles. The predicted octanol–water partition coefficient (Wildman–Crippen LogP) is -0.246. The lowest BCUT2D eigenvalue weighted by molar-refractivity contribution is 0.208. The number of nitrogens with zero attached hydrogens (tertiary/aromatic N) is 2. The summed E-state index contributed by atoms with van der Waals surface area (Å²) in [6, 6.07) is 0. The van der Waals surface area contributed by atoms with Crippen LogP contribution in [0.1, 0.15) is 6.92 Å². The third-order valence-electron chi connectivity index (χ3n) is 0.828. The lowest BCUT2D eigenvalue weighted by atomic mass is 10.6. The molecular weight excluding hydrogens is 118 g/mol. The van der Waals surface area contributed by atoms with E-state index >= 15 is 0 Å². The van der Waals surface area contributed by atoms with Crippen LogP contribution in [0.2, 0.25) is 0 Å². The second-order valence-electron chi connectivity index (χ2n) is 1.54. The van der Waals surface area contributed by atoms with Crippen molar-refractivity contribution in [3.8, 4) is 0 Å². The van der Waals surface area contributed by atoms with Gasteiger partial charge in [0.2, 0.25) is 5.88 Å². The van der Waals surface area contributed by atoms with Crippen molar-refractivity contribution in [2.75, 3.05) is 6.61 Å². The van der Waals surface area contributed by atoms with E-state index in [4.69, 9.17) is 10.5 Å². The average molecular weight is 126 g/mol. The van der Waals surface area contributed by atoms with Crippen molar-refractivity contribution < 1.29 is 4.74 Å². The summed E-state index contributed by atoms with van der Waals surface area (Å²) >= 11 is 0. The van der Waals surface area contributed by atoms with Gasteiger partial charge < -0.3 is 10.5 Å². The topological polar surface area (TPSA) is 61.7 Å². The van der Waals surface area contributed by atoms with E-state index in [2.05, 4.69) is 10.5 Å². The molecule has 0 amide bonds. The van der Waals surface area contributed by atoms with Crippen molar-refractivity contribution in [3.63, 3.8) is 0 Å². The van der Waals surface area contributed by atoms with E-state index in [0.717, 1.165) is 0 Å². The summed E-state index contributed by atoms with van der Waals surface area (Å²) in [6.45, 7) is 2.48. The predicted molar refractivity (Wildman–Crippen MR) is 33.5 cm³/mol. The van der Waals surface area contributed by atoms with Crippen LogP contribution in [0.25, 0.3) is 0 Å². The molecule has 0 bridgehead atoms. The summed E-state index contributed by atoms with van der Waals surface area (Å²) in [7, 11) is 0. The van der Waals surface area contributed by atoms with Crippen LogP contribution in [0.3, 0.4) is 0 Å². The van der Waals surface area contributed by atoms with Crippen molar-refractivity contribution in [1.82, 2.24) is 5.43 Å². The molecule has 1 rings (SSSR count). The molecule has 0 aliphatic carbocycles. The van der Waals surface area contributed by atoms with E-state index in [1.807, 2.05) is 6.92 Å². The molecule has 0 spiro atoms. The Balaban J connectivity index is 2.41. The first-order chi connectivity index (χ1) is 4.33. The first kappa shape index (κ1) is 5.94. The fourth-order valence-corrected chi connectivity index (χ4v) is 0.510. The second-order valence-corrected chi connectivity index (χ2v) is 1.54. The van der Waals surface area contributed by atoms with Gasteiger partial charge in [-0.25, -0.2) is 0 Å². The molecule has 2 N–H and O–H groups in total. The van der Waals surface area contributed by atoms with Crippen molar-refractivity contribution in [2.24, 2.45) is 10.8 Å². The van der Waals surface area contributed by atoms with Gasteiger partial charge in [-0.15, -0.1) is 10.5 Å². The summed E-state index contributed by atoms with van der Waals surface area (Å²) in [5, 5.41) is 3.54. The summed E-state index contributed by atoms with van der Waals surface area (Å²) in [5.74, 6) is 0.897. The maximum absolute atomic E-state index is 5.26. The molecule has 0 unspecified atom stereocenters. The zero-order valence-electron chi connectivity index (χ0n) is 5.16. The number of hydrogen-bond donors (Lipinski definition) is 1. The third kappa shape index (κ3) is 1.35. The van der Waals surface area contributed by atoms with E-state index in [0.29, 0.717) is 18.3 Å². The minimum absolute atomic E-state index is 0.401. The minimum Gasteiger partial charge on any atom is -0.477 e. The van der Waals surface area contributed by atoms with Crippen LogP contribution in [0, 0.1) is 0 Å². The number of hydrogen-bond acceptors (Lipinski definition) is 3. The van der Waals surface area contributed by atoms with Gasteiger partial charge in [0, 0.05) is 6.08 Å². The molecular formula is C5H8N3O. The molecule has 0 saturated heterocycles. The van der Waals surface area contributed by atoms with Gasteiger partial charge in [-0.2, -0.15) is 0 Å². The Morgan fingerprint density at radius 1 is 1.78 bits per heavy atom. The normalized spacial score (nSPS) is 16.1. The van der Waals surface area contributed by atoms with Crippen LogP contribution in [0.4, 0.5) is 0 Å². The van der Waals surface area contributed by atoms with Gasteiger partial charge in [0.15, 0.2) is 5.84 Å². The highest BCUT2D eigenvalue weighted by Gasteiger charge is 2.05. The van der Waals surface area contributed by atoms with Gasteiger partial charge in [-0.3, -0.25) is 0 Å². The quantitative estimate of drug-likeness (QED) is 0.554. The second kappa shape index (κ2) is 2.39. The molecule has 9 heavy (non-hydrogen) atoms.